The lowest BCUT2D eigenvalue weighted by molar-refractivity contribution is -0.385. The molecule has 0 radical (unpaired) electrons. The molecular weight excluding hydrogens is 276 g/mol. The Balaban J connectivity index is 3.15. The molecule has 0 aliphatic carbocycles. The van der Waals surface area contributed by atoms with E-state index in [-0.39, 0.29) is 12.3 Å². The number of hydrogen-bond acceptors (Lipinski definition) is 4. The summed E-state index contributed by atoms with van der Waals surface area (Å²) in [6.07, 6.45) is 0. The molecule has 0 bridgehead atoms. The normalized spacial score (nSPS) is 10.2. The zero-order valence-electron chi connectivity index (χ0n) is 9.11. The van der Waals surface area contributed by atoms with Gasteiger partial charge in [-0.05, 0) is 28.9 Å². The van der Waals surface area contributed by atoms with Crippen LogP contribution in [-0.2, 0) is 0 Å². The molecule has 0 unspecified atom stereocenters. The van der Waals surface area contributed by atoms with E-state index in [1.54, 1.807) is 13.0 Å². The fourth-order valence-corrected chi connectivity index (χ4v) is 2.05. The Morgan fingerprint density at radius 1 is 1.56 bits per heavy atom. The van der Waals surface area contributed by atoms with E-state index >= 15 is 0 Å². The molecule has 0 saturated carbocycles. The second-order valence-corrected chi connectivity index (χ2v) is 4.35. The molecule has 1 aromatic rings. The highest BCUT2D eigenvalue weighted by Crippen LogP contribution is 2.32. The van der Waals surface area contributed by atoms with Gasteiger partial charge in [0.15, 0.2) is 0 Å². The second kappa shape index (κ2) is 5.27. The minimum atomic E-state index is -0.407. The van der Waals surface area contributed by atoms with Crippen LogP contribution in [0.15, 0.2) is 16.6 Å². The van der Waals surface area contributed by atoms with E-state index in [9.17, 15) is 10.1 Å². The lowest BCUT2D eigenvalue weighted by Gasteiger charge is -2.19. The molecule has 0 aliphatic heterocycles. The molecule has 88 valence electrons. The minimum Gasteiger partial charge on any atom is -0.395 e. The first-order valence-electron chi connectivity index (χ1n) is 4.74. The van der Waals surface area contributed by atoms with Crippen LogP contribution in [0.5, 0.6) is 0 Å². The van der Waals surface area contributed by atoms with Crippen molar-refractivity contribution in [1.82, 2.24) is 0 Å². The fourth-order valence-electron chi connectivity index (χ4n) is 1.42. The molecule has 5 nitrogen and oxygen atoms in total. The van der Waals surface area contributed by atoms with E-state index in [1.807, 2.05) is 11.9 Å². The Bertz CT molecular complexity index is 409. The van der Waals surface area contributed by atoms with Gasteiger partial charge in [-0.15, -0.1) is 0 Å². The van der Waals surface area contributed by atoms with Crippen molar-refractivity contribution in [3.63, 3.8) is 0 Å². The number of nitrogens with zero attached hydrogens (tertiary/aromatic N) is 2. The Labute approximate surface area is 102 Å². The van der Waals surface area contributed by atoms with Crippen molar-refractivity contribution in [3.05, 3.63) is 32.3 Å². The largest absolute Gasteiger partial charge is 0.395 e. The number of aliphatic hydroxyl groups excluding tert-OH is 1. The van der Waals surface area contributed by atoms with Crippen LogP contribution in [0.4, 0.5) is 11.4 Å². The van der Waals surface area contributed by atoms with E-state index in [2.05, 4.69) is 15.9 Å². The van der Waals surface area contributed by atoms with Gasteiger partial charge in [0.1, 0.15) is 0 Å². The van der Waals surface area contributed by atoms with Crippen molar-refractivity contribution >= 4 is 27.3 Å². The summed E-state index contributed by atoms with van der Waals surface area (Å²) in [5, 5.41) is 19.5. The summed E-state index contributed by atoms with van der Waals surface area (Å²) in [4.78, 5) is 12.1. The van der Waals surface area contributed by atoms with Crippen molar-refractivity contribution in [2.45, 2.75) is 6.92 Å². The Morgan fingerprint density at radius 2 is 2.19 bits per heavy atom. The summed E-state index contributed by atoms with van der Waals surface area (Å²) in [5.74, 6) is 0. The van der Waals surface area contributed by atoms with Crippen LogP contribution < -0.4 is 4.90 Å². The predicted molar refractivity (Wildman–Crippen MR) is 65.9 cm³/mol. The topological polar surface area (TPSA) is 66.6 Å². The third-order valence-electron chi connectivity index (χ3n) is 2.31. The van der Waals surface area contributed by atoms with Crippen molar-refractivity contribution < 1.29 is 10.0 Å². The van der Waals surface area contributed by atoms with Gasteiger partial charge in [-0.25, -0.2) is 0 Å². The minimum absolute atomic E-state index is 0.0406. The molecule has 0 atom stereocenters. The highest BCUT2D eigenvalue weighted by atomic mass is 79.9. The molecule has 16 heavy (non-hydrogen) atoms. The number of nitro groups is 1. The number of halogens is 1. The van der Waals surface area contributed by atoms with Crippen LogP contribution in [-0.4, -0.2) is 30.2 Å². The van der Waals surface area contributed by atoms with E-state index in [1.165, 1.54) is 6.07 Å². The van der Waals surface area contributed by atoms with Crippen molar-refractivity contribution in [2.24, 2.45) is 0 Å². The van der Waals surface area contributed by atoms with E-state index in [4.69, 9.17) is 5.11 Å². The summed E-state index contributed by atoms with van der Waals surface area (Å²) < 4.78 is 0.653. The second-order valence-electron chi connectivity index (χ2n) is 3.49. The molecule has 0 heterocycles. The number of aliphatic hydroxyl groups is 1. The Morgan fingerprint density at radius 3 is 2.69 bits per heavy atom. The van der Waals surface area contributed by atoms with Crippen LogP contribution in [0.2, 0.25) is 0 Å². The molecule has 1 aromatic carbocycles. The van der Waals surface area contributed by atoms with Gasteiger partial charge in [0.05, 0.1) is 17.2 Å². The first-order chi connectivity index (χ1) is 7.47. The Kier molecular flexibility index (Phi) is 4.26. The van der Waals surface area contributed by atoms with Gasteiger partial charge in [-0.1, -0.05) is 0 Å². The Hall–Kier alpha value is -1.14. The van der Waals surface area contributed by atoms with Crippen LogP contribution >= 0.6 is 15.9 Å². The van der Waals surface area contributed by atoms with Crippen molar-refractivity contribution in [1.29, 1.82) is 0 Å². The quantitative estimate of drug-likeness (QED) is 0.681. The monoisotopic (exact) mass is 288 g/mol. The lowest BCUT2D eigenvalue weighted by atomic mass is 10.1. The van der Waals surface area contributed by atoms with Crippen LogP contribution in [0.3, 0.4) is 0 Å². The van der Waals surface area contributed by atoms with Gasteiger partial charge >= 0.3 is 0 Å². The van der Waals surface area contributed by atoms with Crippen LogP contribution in [0, 0.1) is 17.0 Å². The number of hydrogen-bond donors (Lipinski definition) is 1. The molecule has 1 rings (SSSR count). The third kappa shape index (κ3) is 2.70. The van der Waals surface area contributed by atoms with Crippen LogP contribution in [0.25, 0.3) is 0 Å². The highest BCUT2D eigenvalue weighted by Gasteiger charge is 2.15. The number of likely N-dealkylation sites (N-methyl/N-ethyl adjacent to an activating group) is 1. The van der Waals surface area contributed by atoms with Crippen molar-refractivity contribution in [2.75, 3.05) is 25.1 Å². The molecule has 0 fully saturated rings. The highest BCUT2D eigenvalue weighted by molar-refractivity contribution is 9.10. The number of rotatable bonds is 4. The molecule has 0 aliphatic rings. The smallest absolute Gasteiger partial charge is 0.273 e. The summed E-state index contributed by atoms with van der Waals surface area (Å²) in [6, 6.07) is 3.22. The SMILES string of the molecule is Cc1cc(N(C)CCO)c(Br)cc1[N+](=O)[O-]. The van der Waals surface area contributed by atoms with E-state index in [0.29, 0.717) is 16.6 Å². The fraction of sp³-hybridized carbons (Fsp3) is 0.400. The van der Waals surface area contributed by atoms with E-state index < -0.39 is 4.92 Å². The molecule has 6 heteroatoms. The summed E-state index contributed by atoms with van der Waals surface area (Å²) >= 11 is 3.29. The zero-order valence-corrected chi connectivity index (χ0v) is 10.7. The molecule has 0 spiro atoms. The van der Waals surface area contributed by atoms with E-state index in [0.717, 1.165) is 5.69 Å². The average molecular weight is 289 g/mol. The van der Waals surface area contributed by atoms with Gasteiger partial charge in [-0.3, -0.25) is 10.1 Å². The maximum atomic E-state index is 10.7. The van der Waals surface area contributed by atoms with Crippen molar-refractivity contribution in [3.8, 4) is 0 Å². The zero-order chi connectivity index (χ0) is 12.3. The molecule has 1 N–H and O–H groups in total. The van der Waals surface area contributed by atoms with Gasteiger partial charge in [0, 0.05) is 29.7 Å². The summed E-state index contributed by atoms with van der Waals surface area (Å²) in [5.41, 5.74) is 1.53. The summed E-state index contributed by atoms with van der Waals surface area (Å²) in [6.45, 7) is 2.22. The average Bonchev–Trinajstić information content (AvgIpc) is 2.20. The number of benzene rings is 1. The number of nitro benzene ring substituents is 1. The van der Waals surface area contributed by atoms with Gasteiger partial charge in [-0.2, -0.15) is 0 Å². The van der Waals surface area contributed by atoms with Gasteiger partial charge in [0.25, 0.3) is 5.69 Å². The molecule has 0 aromatic heterocycles. The van der Waals surface area contributed by atoms with Crippen LogP contribution in [0.1, 0.15) is 5.56 Å². The van der Waals surface area contributed by atoms with Gasteiger partial charge in [0.2, 0.25) is 0 Å². The lowest BCUT2D eigenvalue weighted by Crippen LogP contribution is -2.21. The maximum absolute atomic E-state index is 10.7. The maximum Gasteiger partial charge on any atom is 0.273 e. The number of anilines is 1. The number of aryl methyl sites for hydroxylation is 1. The summed E-state index contributed by atoms with van der Waals surface area (Å²) in [7, 11) is 1.82. The third-order valence-corrected chi connectivity index (χ3v) is 2.94. The molecular formula is C10H13BrN2O3. The standard InChI is InChI=1S/C10H13BrN2O3/c1-7-5-10(12(2)3-4-14)8(11)6-9(7)13(15)16/h5-6,14H,3-4H2,1-2H3. The molecule has 0 amide bonds. The first-order valence-corrected chi connectivity index (χ1v) is 5.53. The molecule has 0 saturated heterocycles. The first kappa shape index (κ1) is 12.9. The predicted octanol–water partition coefficient (Wildman–Crippen LogP) is 2.09. The van der Waals surface area contributed by atoms with Gasteiger partial charge < -0.3 is 10.0 Å².